The van der Waals surface area contributed by atoms with E-state index in [0.29, 0.717) is 6.61 Å². The first-order valence-electron chi connectivity index (χ1n) is 4.88. The molecule has 3 heteroatoms. The summed E-state index contributed by atoms with van der Waals surface area (Å²) in [7, 11) is 1.68. The second kappa shape index (κ2) is 5.08. The summed E-state index contributed by atoms with van der Waals surface area (Å²) in [5.41, 5.74) is 6.91. The van der Waals surface area contributed by atoms with Crippen LogP contribution in [0.3, 0.4) is 0 Å². The van der Waals surface area contributed by atoms with E-state index >= 15 is 0 Å². The largest absolute Gasteiger partial charge is 0.383 e. The molecular formula is C11H18N2O. The molecule has 0 aliphatic carbocycles. The quantitative estimate of drug-likeness (QED) is 0.770. The van der Waals surface area contributed by atoms with Gasteiger partial charge in [-0.2, -0.15) is 0 Å². The van der Waals surface area contributed by atoms with Crippen molar-refractivity contribution in [3.8, 4) is 0 Å². The molecular weight excluding hydrogens is 176 g/mol. The Kier molecular flexibility index (Phi) is 4.04. The van der Waals surface area contributed by atoms with E-state index in [1.165, 1.54) is 0 Å². The molecule has 14 heavy (non-hydrogen) atoms. The lowest BCUT2D eigenvalue weighted by molar-refractivity contribution is 0.129. The van der Waals surface area contributed by atoms with Gasteiger partial charge in [0, 0.05) is 31.0 Å². The Morgan fingerprint density at radius 2 is 2.29 bits per heavy atom. The van der Waals surface area contributed by atoms with Crippen LogP contribution in [0.25, 0.3) is 0 Å². The Hall–Kier alpha value is -0.930. The molecule has 1 rings (SSSR count). The first-order chi connectivity index (χ1) is 6.70. The summed E-state index contributed by atoms with van der Waals surface area (Å²) in [5, 5.41) is 0. The van der Waals surface area contributed by atoms with E-state index in [0.717, 1.165) is 18.5 Å². The summed E-state index contributed by atoms with van der Waals surface area (Å²) in [4.78, 5) is 4.26. The summed E-state index contributed by atoms with van der Waals surface area (Å²) in [6, 6.07) is 5.88. The van der Waals surface area contributed by atoms with Crippen molar-refractivity contribution >= 4 is 0 Å². The fraction of sp³-hybridized carbons (Fsp3) is 0.545. The van der Waals surface area contributed by atoms with Crippen molar-refractivity contribution in [2.24, 2.45) is 5.73 Å². The molecule has 0 aromatic carbocycles. The molecule has 0 radical (unpaired) electrons. The third-order valence-corrected chi connectivity index (χ3v) is 2.40. The van der Waals surface area contributed by atoms with E-state index in [1.807, 2.05) is 18.2 Å². The van der Waals surface area contributed by atoms with Crippen LogP contribution >= 0.6 is 0 Å². The summed E-state index contributed by atoms with van der Waals surface area (Å²) in [6.07, 6.45) is 3.44. The highest BCUT2D eigenvalue weighted by Gasteiger charge is 2.23. The van der Waals surface area contributed by atoms with Gasteiger partial charge in [0.15, 0.2) is 0 Å². The van der Waals surface area contributed by atoms with Gasteiger partial charge in [-0.15, -0.1) is 0 Å². The van der Waals surface area contributed by atoms with E-state index in [1.54, 1.807) is 13.3 Å². The molecule has 2 N–H and O–H groups in total. The summed E-state index contributed by atoms with van der Waals surface area (Å²) in [5.74, 6) is 0. The van der Waals surface area contributed by atoms with Crippen LogP contribution in [0.1, 0.15) is 19.0 Å². The third-order valence-electron chi connectivity index (χ3n) is 2.40. The maximum atomic E-state index is 6.17. The highest BCUT2D eigenvalue weighted by molar-refractivity contribution is 5.08. The molecule has 78 valence electrons. The highest BCUT2D eigenvalue weighted by Crippen LogP contribution is 2.13. The molecule has 0 aliphatic heterocycles. The molecule has 3 nitrogen and oxygen atoms in total. The van der Waals surface area contributed by atoms with E-state index < -0.39 is 0 Å². The van der Waals surface area contributed by atoms with Crippen LogP contribution in [0, 0.1) is 0 Å². The van der Waals surface area contributed by atoms with Crippen molar-refractivity contribution in [2.75, 3.05) is 13.7 Å². The molecule has 0 bridgehead atoms. The van der Waals surface area contributed by atoms with Gasteiger partial charge in [-0.3, -0.25) is 4.98 Å². The van der Waals surface area contributed by atoms with Gasteiger partial charge in [0.05, 0.1) is 6.61 Å². The average molecular weight is 194 g/mol. The number of hydrogen-bond donors (Lipinski definition) is 1. The number of nitrogens with two attached hydrogens (primary N) is 1. The lowest BCUT2D eigenvalue weighted by atomic mass is 9.92. The molecule has 1 aromatic heterocycles. The predicted octanol–water partition coefficient (Wildman–Crippen LogP) is 1.38. The number of aromatic nitrogens is 1. The first kappa shape index (κ1) is 11.1. The number of methoxy groups -OCH3 is 1. The van der Waals surface area contributed by atoms with Gasteiger partial charge in [-0.1, -0.05) is 13.0 Å². The minimum atomic E-state index is -0.289. The average Bonchev–Trinajstić information content (AvgIpc) is 2.20. The molecule has 0 saturated carbocycles. The zero-order chi connectivity index (χ0) is 10.4. The monoisotopic (exact) mass is 194 g/mol. The Bertz CT molecular complexity index is 263. The molecule has 0 fully saturated rings. The molecule has 1 atom stereocenters. The zero-order valence-corrected chi connectivity index (χ0v) is 8.86. The molecule has 1 heterocycles. The van der Waals surface area contributed by atoms with Crippen LogP contribution in [-0.4, -0.2) is 24.2 Å². The smallest absolute Gasteiger partial charge is 0.0646 e. The number of nitrogens with zero attached hydrogens (tertiary/aromatic N) is 1. The van der Waals surface area contributed by atoms with Gasteiger partial charge < -0.3 is 10.5 Å². The van der Waals surface area contributed by atoms with Gasteiger partial charge in [0.1, 0.15) is 0 Å². The maximum Gasteiger partial charge on any atom is 0.0646 e. The lowest BCUT2D eigenvalue weighted by Crippen LogP contribution is -2.46. The van der Waals surface area contributed by atoms with E-state index in [4.69, 9.17) is 10.5 Å². The highest BCUT2D eigenvalue weighted by atomic mass is 16.5. The first-order valence-corrected chi connectivity index (χ1v) is 4.88. The lowest BCUT2D eigenvalue weighted by Gasteiger charge is -2.26. The Morgan fingerprint density at radius 3 is 2.79 bits per heavy atom. The summed E-state index contributed by atoms with van der Waals surface area (Å²) >= 11 is 0. The fourth-order valence-electron chi connectivity index (χ4n) is 1.43. The molecule has 0 spiro atoms. The fourth-order valence-corrected chi connectivity index (χ4v) is 1.43. The van der Waals surface area contributed by atoms with Gasteiger partial charge in [-0.25, -0.2) is 0 Å². The zero-order valence-electron chi connectivity index (χ0n) is 8.86. The van der Waals surface area contributed by atoms with Gasteiger partial charge in [0.25, 0.3) is 0 Å². The Labute approximate surface area is 85.3 Å². The van der Waals surface area contributed by atoms with Gasteiger partial charge in [0.2, 0.25) is 0 Å². The van der Waals surface area contributed by atoms with E-state index in [2.05, 4.69) is 11.9 Å². The number of ether oxygens (including phenoxy) is 1. The van der Waals surface area contributed by atoms with Crippen LogP contribution in [0.5, 0.6) is 0 Å². The van der Waals surface area contributed by atoms with E-state index in [-0.39, 0.29) is 5.54 Å². The van der Waals surface area contributed by atoms with Crippen LogP contribution in [0.2, 0.25) is 0 Å². The van der Waals surface area contributed by atoms with Gasteiger partial charge in [-0.05, 0) is 18.6 Å². The number of hydrogen-bond acceptors (Lipinski definition) is 3. The van der Waals surface area contributed by atoms with Crippen LogP contribution in [0.15, 0.2) is 24.4 Å². The van der Waals surface area contributed by atoms with Crippen LogP contribution < -0.4 is 5.73 Å². The molecule has 0 aliphatic rings. The van der Waals surface area contributed by atoms with Crippen molar-refractivity contribution < 1.29 is 4.74 Å². The molecule has 1 aromatic rings. The van der Waals surface area contributed by atoms with Crippen LogP contribution in [-0.2, 0) is 11.2 Å². The topological polar surface area (TPSA) is 48.1 Å². The van der Waals surface area contributed by atoms with Crippen molar-refractivity contribution in [1.82, 2.24) is 4.98 Å². The Morgan fingerprint density at radius 1 is 1.50 bits per heavy atom. The van der Waals surface area contributed by atoms with E-state index in [9.17, 15) is 0 Å². The minimum Gasteiger partial charge on any atom is -0.383 e. The van der Waals surface area contributed by atoms with Crippen molar-refractivity contribution in [1.29, 1.82) is 0 Å². The second-order valence-corrected chi connectivity index (χ2v) is 3.65. The standard InChI is InChI=1S/C11H18N2O/c1-3-11(12,9-14-2)8-10-6-4-5-7-13-10/h4-7H,3,8-9,12H2,1-2H3. The van der Waals surface area contributed by atoms with Crippen molar-refractivity contribution in [2.45, 2.75) is 25.3 Å². The normalized spacial score (nSPS) is 15.1. The minimum absolute atomic E-state index is 0.289. The molecule has 0 saturated heterocycles. The number of rotatable bonds is 5. The van der Waals surface area contributed by atoms with Crippen LogP contribution in [0.4, 0.5) is 0 Å². The van der Waals surface area contributed by atoms with Crippen molar-refractivity contribution in [3.63, 3.8) is 0 Å². The van der Waals surface area contributed by atoms with Gasteiger partial charge >= 0.3 is 0 Å². The van der Waals surface area contributed by atoms with Crippen molar-refractivity contribution in [3.05, 3.63) is 30.1 Å². The third kappa shape index (κ3) is 3.09. The summed E-state index contributed by atoms with van der Waals surface area (Å²) in [6.45, 7) is 2.64. The molecule has 1 unspecified atom stereocenters. The number of pyridine rings is 1. The predicted molar refractivity (Wildman–Crippen MR) is 57.0 cm³/mol. The Balaban J connectivity index is 2.65. The maximum absolute atomic E-state index is 6.17. The SMILES string of the molecule is CCC(N)(COC)Cc1ccccn1. The second-order valence-electron chi connectivity index (χ2n) is 3.65. The summed E-state index contributed by atoms with van der Waals surface area (Å²) < 4.78 is 5.12. The molecule has 0 amide bonds.